The number of nitrogens with zero attached hydrogens (tertiary/aromatic N) is 6. The molecular weight excluding hydrogens is 399 g/mol. The number of pyridine rings is 1. The Morgan fingerprint density at radius 3 is 2.90 bits per heavy atom. The molecule has 3 aromatic heterocycles. The van der Waals surface area contributed by atoms with E-state index >= 15 is 0 Å². The fourth-order valence-electron chi connectivity index (χ4n) is 3.66. The second-order valence-electron chi connectivity index (χ2n) is 7.34. The molecule has 4 heterocycles. The minimum Gasteiger partial charge on any atom is -0.356 e. The number of anilines is 1. The first-order chi connectivity index (χ1) is 14.4. The van der Waals surface area contributed by atoms with Crippen molar-refractivity contribution in [3.05, 3.63) is 42.4 Å². The van der Waals surface area contributed by atoms with Crippen LogP contribution in [0.15, 0.2) is 36.8 Å². The zero-order valence-electron chi connectivity index (χ0n) is 16.2. The van der Waals surface area contributed by atoms with Crippen LogP contribution in [0.4, 0.5) is 19.1 Å². The number of halogens is 3. The van der Waals surface area contributed by atoms with Gasteiger partial charge in [0.25, 0.3) is 0 Å². The van der Waals surface area contributed by atoms with Crippen molar-refractivity contribution in [3.8, 4) is 0 Å². The molecular formula is C19H22F3N7O. The number of nitrogens with one attached hydrogen (secondary N) is 1. The molecule has 0 spiro atoms. The lowest BCUT2D eigenvalue weighted by atomic mass is 9.97. The van der Waals surface area contributed by atoms with Crippen molar-refractivity contribution in [2.24, 2.45) is 5.92 Å². The molecule has 1 aliphatic rings. The van der Waals surface area contributed by atoms with Gasteiger partial charge in [0, 0.05) is 44.8 Å². The van der Waals surface area contributed by atoms with Crippen LogP contribution in [0.25, 0.3) is 5.65 Å². The number of fused-ring (bicyclic) bond motifs is 1. The van der Waals surface area contributed by atoms with Gasteiger partial charge in [-0.05, 0) is 37.5 Å². The molecule has 0 aliphatic carbocycles. The number of aromatic nitrogens is 5. The summed E-state index contributed by atoms with van der Waals surface area (Å²) in [6, 6.07) is 4.14. The molecule has 1 fully saturated rings. The predicted molar refractivity (Wildman–Crippen MR) is 103 cm³/mol. The van der Waals surface area contributed by atoms with Gasteiger partial charge in [0.2, 0.25) is 11.9 Å². The lowest BCUT2D eigenvalue weighted by Crippen LogP contribution is -2.44. The van der Waals surface area contributed by atoms with Crippen LogP contribution in [-0.4, -0.2) is 49.9 Å². The molecule has 3 aromatic rings. The summed E-state index contributed by atoms with van der Waals surface area (Å²) in [5.41, 5.74) is -0.428. The van der Waals surface area contributed by atoms with Gasteiger partial charge in [-0.15, -0.1) is 10.2 Å². The van der Waals surface area contributed by atoms with E-state index in [0.29, 0.717) is 31.2 Å². The minimum atomic E-state index is -4.45. The van der Waals surface area contributed by atoms with Gasteiger partial charge in [-0.3, -0.25) is 13.9 Å². The van der Waals surface area contributed by atoms with Crippen LogP contribution < -0.4 is 10.2 Å². The van der Waals surface area contributed by atoms with Crippen molar-refractivity contribution in [2.45, 2.75) is 32.0 Å². The summed E-state index contributed by atoms with van der Waals surface area (Å²) in [7, 11) is 0. The molecule has 1 atom stereocenters. The molecule has 1 aliphatic heterocycles. The number of piperidine rings is 1. The molecule has 4 rings (SSSR count). The monoisotopic (exact) mass is 421 g/mol. The molecule has 1 N–H and O–H groups in total. The number of aryl methyl sites for hydroxylation is 1. The summed E-state index contributed by atoms with van der Waals surface area (Å²) in [4.78, 5) is 14.4. The third kappa shape index (κ3) is 4.39. The fraction of sp³-hybridized carbons (Fsp3) is 0.474. The summed E-state index contributed by atoms with van der Waals surface area (Å²) < 4.78 is 42.4. The average molecular weight is 421 g/mol. The Morgan fingerprint density at radius 2 is 2.13 bits per heavy atom. The lowest BCUT2D eigenvalue weighted by molar-refractivity contribution is -0.137. The smallest absolute Gasteiger partial charge is 0.356 e. The first-order valence-corrected chi connectivity index (χ1v) is 9.84. The molecule has 0 radical (unpaired) electrons. The molecule has 0 bridgehead atoms. The first kappa shape index (κ1) is 20.2. The standard InChI is InChI=1S/C19H22F3N7O/c20-19(21,22)15-5-6-16-25-26-18(29(16)13-15)27-9-1-4-14(12-27)17(30)23-7-2-10-28-11-3-8-24-28/h3,5-6,8,11,13-14H,1-2,4,7,9-10,12H2,(H,23,30)/t14-/m0/s1. The minimum absolute atomic E-state index is 0.0510. The van der Waals surface area contributed by atoms with Gasteiger partial charge in [-0.1, -0.05) is 0 Å². The lowest BCUT2D eigenvalue weighted by Gasteiger charge is -2.32. The summed E-state index contributed by atoms with van der Waals surface area (Å²) in [5, 5.41) is 15.1. The Kier molecular flexibility index (Phi) is 5.60. The van der Waals surface area contributed by atoms with Gasteiger partial charge in [-0.25, -0.2) is 0 Å². The normalized spacial score (nSPS) is 17.4. The maximum Gasteiger partial charge on any atom is 0.417 e. The van der Waals surface area contributed by atoms with E-state index in [2.05, 4.69) is 20.6 Å². The number of carbonyl (C=O) groups excluding carboxylic acids is 1. The number of hydrogen-bond acceptors (Lipinski definition) is 5. The van der Waals surface area contributed by atoms with E-state index in [9.17, 15) is 18.0 Å². The zero-order chi connectivity index (χ0) is 21.1. The molecule has 11 heteroatoms. The highest BCUT2D eigenvalue weighted by Crippen LogP contribution is 2.30. The summed E-state index contributed by atoms with van der Waals surface area (Å²) in [6.45, 7) is 2.26. The maximum absolute atomic E-state index is 13.1. The van der Waals surface area contributed by atoms with E-state index in [1.807, 2.05) is 17.2 Å². The number of rotatable bonds is 6. The summed E-state index contributed by atoms with van der Waals surface area (Å²) in [6.07, 6.45) is 2.37. The van der Waals surface area contributed by atoms with Crippen molar-refractivity contribution in [3.63, 3.8) is 0 Å². The quantitative estimate of drug-likeness (QED) is 0.618. The van der Waals surface area contributed by atoms with E-state index in [1.54, 1.807) is 10.9 Å². The number of carbonyl (C=O) groups is 1. The molecule has 1 amide bonds. The number of alkyl halides is 3. The number of hydrogen-bond donors (Lipinski definition) is 1. The predicted octanol–water partition coefficient (Wildman–Crippen LogP) is 2.37. The fourth-order valence-corrected chi connectivity index (χ4v) is 3.66. The van der Waals surface area contributed by atoms with E-state index in [4.69, 9.17) is 0 Å². The van der Waals surface area contributed by atoms with Crippen LogP contribution in [0, 0.1) is 5.92 Å². The van der Waals surface area contributed by atoms with E-state index in [0.717, 1.165) is 38.1 Å². The van der Waals surface area contributed by atoms with Gasteiger partial charge in [0.05, 0.1) is 11.5 Å². The Balaban J connectivity index is 1.39. The Morgan fingerprint density at radius 1 is 1.27 bits per heavy atom. The third-order valence-electron chi connectivity index (χ3n) is 5.21. The van der Waals surface area contributed by atoms with Crippen molar-refractivity contribution >= 4 is 17.5 Å². The second kappa shape index (κ2) is 8.33. The summed E-state index contributed by atoms with van der Waals surface area (Å²) in [5.74, 6) is 0.0267. The van der Waals surface area contributed by atoms with Crippen molar-refractivity contribution in [1.82, 2.24) is 29.7 Å². The number of amides is 1. The molecule has 160 valence electrons. The summed E-state index contributed by atoms with van der Waals surface area (Å²) >= 11 is 0. The molecule has 8 nitrogen and oxygen atoms in total. The second-order valence-corrected chi connectivity index (χ2v) is 7.34. The van der Waals surface area contributed by atoms with E-state index in [1.165, 1.54) is 10.5 Å². The van der Waals surface area contributed by atoms with Crippen LogP contribution in [0.5, 0.6) is 0 Å². The van der Waals surface area contributed by atoms with Crippen LogP contribution in [-0.2, 0) is 17.5 Å². The van der Waals surface area contributed by atoms with E-state index in [-0.39, 0.29) is 11.8 Å². The van der Waals surface area contributed by atoms with Crippen LogP contribution in [0.3, 0.4) is 0 Å². The average Bonchev–Trinajstić information content (AvgIpc) is 3.39. The van der Waals surface area contributed by atoms with Gasteiger partial charge < -0.3 is 10.2 Å². The van der Waals surface area contributed by atoms with Gasteiger partial charge in [0.15, 0.2) is 5.65 Å². The largest absolute Gasteiger partial charge is 0.417 e. The Labute approximate surface area is 170 Å². The van der Waals surface area contributed by atoms with Crippen molar-refractivity contribution in [1.29, 1.82) is 0 Å². The van der Waals surface area contributed by atoms with Crippen LogP contribution in [0.1, 0.15) is 24.8 Å². The zero-order valence-corrected chi connectivity index (χ0v) is 16.2. The van der Waals surface area contributed by atoms with Gasteiger partial charge in [-0.2, -0.15) is 18.3 Å². The maximum atomic E-state index is 13.1. The highest BCUT2D eigenvalue weighted by molar-refractivity contribution is 5.79. The van der Waals surface area contributed by atoms with Crippen molar-refractivity contribution < 1.29 is 18.0 Å². The van der Waals surface area contributed by atoms with Crippen molar-refractivity contribution in [2.75, 3.05) is 24.5 Å². The molecule has 30 heavy (non-hydrogen) atoms. The van der Waals surface area contributed by atoms with E-state index < -0.39 is 11.7 Å². The first-order valence-electron chi connectivity index (χ1n) is 9.84. The highest BCUT2D eigenvalue weighted by atomic mass is 19.4. The molecule has 1 saturated heterocycles. The van der Waals surface area contributed by atoms with Crippen LogP contribution >= 0.6 is 0 Å². The third-order valence-corrected chi connectivity index (χ3v) is 5.21. The SMILES string of the molecule is O=C(NCCCn1cccn1)[C@H]1CCCN(c2nnc3ccc(C(F)(F)F)cn23)C1. The van der Waals surface area contributed by atoms with Gasteiger partial charge in [0.1, 0.15) is 0 Å². The van der Waals surface area contributed by atoms with Gasteiger partial charge >= 0.3 is 6.18 Å². The molecule has 0 unspecified atom stereocenters. The topological polar surface area (TPSA) is 80.3 Å². The Bertz CT molecular complexity index is 999. The van der Waals surface area contributed by atoms with Crippen LogP contribution in [0.2, 0.25) is 0 Å². The molecule has 0 aromatic carbocycles. The molecule has 0 saturated carbocycles. The highest BCUT2D eigenvalue weighted by Gasteiger charge is 2.32. The Hall–Kier alpha value is -3.11.